The van der Waals surface area contributed by atoms with Crippen molar-refractivity contribution in [3.05, 3.63) is 87.1 Å². The summed E-state index contributed by atoms with van der Waals surface area (Å²) in [6.45, 7) is 2.93. The number of methoxy groups -OCH3 is 1. The molecule has 2 aliphatic rings. The van der Waals surface area contributed by atoms with Gasteiger partial charge in [-0.2, -0.15) is 0 Å². The van der Waals surface area contributed by atoms with E-state index in [0.717, 1.165) is 43.4 Å². The third kappa shape index (κ3) is 5.59. The summed E-state index contributed by atoms with van der Waals surface area (Å²) in [5, 5.41) is 2.14. The van der Waals surface area contributed by atoms with E-state index in [-0.39, 0.29) is 30.4 Å². The Bertz CT molecular complexity index is 1230. The molecule has 1 aliphatic heterocycles. The highest BCUT2D eigenvalue weighted by atomic mass is 32.1. The molecule has 37 heavy (non-hydrogen) atoms. The molecule has 2 aromatic carbocycles. The summed E-state index contributed by atoms with van der Waals surface area (Å²) in [5.74, 6) is 0.848. The van der Waals surface area contributed by atoms with Gasteiger partial charge in [0.1, 0.15) is 12.3 Å². The van der Waals surface area contributed by atoms with Crippen LogP contribution in [0.15, 0.2) is 60.0 Å². The van der Waals surface area contributed by atoms with Crippen LogP contribution in [-0.4, -0.2) is 47.9 Å². The number of nitrogens with zero attached hydrogens (tertiary/aromatic N) is 2. The average Bonchev–Trinajstić information content (AvgIpc) is 3.41. The Morgan fingerprint density at radius 1 is 1.00 bits per heavy atom. The molecule has 0 N–H and O–H groups in total. The fourth-order valence-corrected chi connectivity index (χ4v) is 6.79. The van der Waals surface area contributed by atoms with Gasteiger partial charge in [0.05, 0.1) is 19.6 Å². The van der Waals surface area contributed by atoms with Gasteiger partial charge in [-0.05, 0) is 72.0 Å². The topological polar surface area (TPSA) is 49.9 Å². The number of benzene rings is 2. The van der Waals surface area contributed by atoms with E-state index < -0.39 is 0 Å². The zero-order chi connectivity index (χ0) is 25.8. The highest BCUT2D eigenvalue weighted by Gasteiger charge is 2.36. The standard InChI is InChI=1S/C31H36N2O3S/c1-22-8-6-7-11-26(22)31-27-17-19-37-28(27)16-18-32(31)30(35)21-33(24-9-4-3-5-10-24)29(34)20-23-12-14-25(36-2)15-13-23/h6-8,11-15,17,19,24,31H,3-5,9-10,16,18,20-21H2,1-2H3/t31-/m1/s1. The molecule has 0 unspecified atom stereocenters. The first-order valence-electron chi connectivity index (χ1n) is 13.4. The number of aryl methyl sites for hydroxylation is 1. The number of hydrogen-bond donors (Lipinski definition) is 0. The van der Waals surface area contributed by atoms with E-state index in [4.69, 9.17) is 4.74 Å². The highest BCUT2D eigenvalue weighted by molar-refractivity contribution is 7.10. The van der Waals surface area contributed by atoms with Crippen LogP contribution >= 0.6 is 11.3 Å². The lowest BCUT2D eigenvalue weighted by Crippen LogP contribution is -2.50. The molecule has 194 valence electrons. The van der Waals surface area contributed by atoms with Crippen LogP contribution in [0.2, 0.25) is 0 Å². The Morgan fingerprint density at radius 3 is 2.49 bits per heavy atom. The summed E-state index contributed by atoms with van der Waals surface area (Å²) < 4.78 is 5.27. The van der Waals surface area contributed by atoms with E-state index in [2.05, 4.69) is 36.6 Å². The van der Waals surface area contributed by atoms with Crippen LogP contribution in [0.4, 0.5) is 0 Å². The lowest BCUT2D eigenvalue weighted by atomic mass is 9.90. The molecule has 6 heteroatoms. The smallest absolute Gasteiger partial charge is 0.243 e. The zero-order valence-corrected chi connectivity index (χ0v) is 22.6. The molecule has 0 radical (unpaired) electrons. The number of amides is 2. The third-order valence-electron chi connectivity index (χ3n) is 7.93. The maximum Gasteiger partial charge on any atom is 0.243 e. The van der Waals surface area contributed by atoms with Crippen molar-refractivity contribution in [3.8, 4) is 5.75 Å². The van der Waals surface area contributed by atoms with Crippen LogP contribution in [0.5, 0.6) is 5.75 Å². The molecule has 5 nitrogen and oxygen atoms in total. The van der Waals surface area contributed by atoms with Gasteiger partial charge in [-0.15, -0.1) is 11.3 Å². The van der Waals surface area contributed by atoms with Gasteiger partial charge in [0, 0.05) is 17.5 Å². The molecule has 2 amide bonds. The Hall–Kier alpha value is -3.12. The average molecular weight is 517 g/mol. The molecule has 0 saturated heterocycles. The molecular weight excluding hydrogens is 480 g/mol. The van der Waals surface area contributed by atoms with Gasteiger partial charge < -0.3 is 14.5 Å². The molecule has 1 atom stereocenters. The van der Waals surface area contributed by atoms with Gasteiger partial charge in [-0.25, -0.2) is 0 Å². The van der Waals surface area contributed by atoms with Crippen molar-refractivity contribution in [2.24, 2.45) is 0 Å². The maximum atomic E-state index is 14.0. The summed E-state index contributed by atoms with van der Waals surface area (Å²) in [4.78, 5) is 33.0. The summed E-state index contributed by atoms with van der Waals surface area (Å²) in [6.07, 6.45) is 6.52. The van der Waals surface area contributed by atoms with Crippen LogP contribution in [0.3, 0.4) is 0 Å². The molecule has 1 fully saturated rings. The van der Waals surface area contributed by atoms with E-state index in [1.54, 1.807) is 18.4 Å². The minimum absolute atomic E-state index is 0.0334. The van der Waals surface area contributed by atoms with E-state index in [1.165, 1.54) is 28.0 Å². The van der Waals surface area contributed by atoms with E-state index >= 15 is 0 Å². The van der Waals surface area contributed by atoms with Crippen LogP contribution in [0, 0.1) is 6.92 Å². The van der Waals surface area contributed by atoms with Gasteiger partial charge in [-0.1, -0.05) is 55.7 Å². The number of carbonyl (C=O) groups excluding carboxylic acids is 2. The van der Waals surface area contributed by atoms with Crippen molar-refractivity contribution in [2.45, 2.75) is 64.0 Å². The quantitative estimate of drug-likeness (QED) is 0.390. The van der Waals surface area contributed by atoms with Crippen molar-refractivity contribution < 1.29 is 14.3 Å². The summed E-state index contributed by atoms with van der Waals surface area (Å²) in [6, 6.07) is 18.2. The predicted molar refractivity (Wildman–Crippen MR) is 148 cm³/mol. The highest BCUT2D eigenvalue weighted by Crippen LogP contribution is 2.39. The van der Waals surface area contributed by atoms with Crippen molar-refractivity contribution in [2.75, 3.05) is 20.2 Å². The summed E-state index contributed by atoms with van der Waals surface area (Å²) >= 11 is 1.78. The number of ether oxygens (including phenoxy) is 1. The Morgan fingerprint density at radius 2 is 1.76 bits per heavy atom. The molecule has 2 heterocycles. The molecule has 1 aromatic heterocycles. The van der Waals surface area contributed by atoms with E-state index in [9.17, 15) is 9.59 Å². The lowest BCUT2D eigenvalue weighted by Gasteiger charge is -2.40. The summed E-state index contributed by atoms with van der Waals surface area (Å²) in [5.41, 5.74) is 4.53. The zero-order valence-electron chi connectivity index (χ0n) is 21.8. The largest absolute Gasteiger partial charge is 0.497 e. The Kier molecular flexibility index (Phi) is 7.94. The SMILES string of the molecule is COc1ccc(CC(=O)N(CC(=O)N2CCc3sccc3[C@H]2c2ccccc2C)C2CCCCC2)cc1. The maximum absolute atomic E-state index is 14.0. The molecule has 0 spiro atoms. The minimum atomic E-state index is -0.103. The fraction of sp³-hybridized carbons (Fsp3) is 0.419. The Balaban J connectivity index is 1.40. The van der Waals surface area contributed by atoms with Crippen molar-refractivity contribution >= 4 is 23.2 Å². The number of hydrogen-bond acceptors (Lipinski definition) is 4. The van der Waals surface area contributed by atoms with Gasteiger partial charge in [0.25, 0.3) is 0 Å². The molecule has 1 aliphatic carbocycles. The van der Waals surface area contributed by atoms with Gasteiger partial charge in [0.2, 0.25) is 11.8 Å². The molecule has 1 saturated carbocycles. The van der Waals surface area contributed by atoms with Crippen LogP contribution in [-0.2, 0) is 22.4 Å². The number of fused-ring (bicyclic) bond motifs is 1. The van der Waals surface area contributed by atoms with E-state index in [1.807, 2.05) is 40.1 Å². The lowest BCUT2D eigenvalue weighted by molar-refractivity contribution is -0.144. The monoisotopic (exact) mass is 516 g/mol. The second-order valence-electron chi connectivity index (χ2n) is 10.2. The first-order valence-corrected chi connectivity index (χ1v) is 14.3. The van der Waals surface area contributed by atoms with Crippen LogP contribution in [0.25, 0.3) is 0 Å². The summed E-state index contributed by atoms with van der Waals surface area (Å²) in [7, 11) is 1.64. The predicted octanol–water partition coefficient (Wildman–Crippen LogP) is 5.94. The molecule has 5 rings (SSSR count). The minimum Gasteiger partial charge on any atom is -0.497 e. The number of rotatable bonds is 7. The molecular formula is C31H36N2O3S. The van der Waals surface area contributed by atoms with Crippen molar-refractivity contribution in [3.63, 3.8) is 0 Å². The van der Waals surface area contributed by atoms with Crippen molar-refractivity contribution in [1.82, 2.24) is 9.80 Å². The molecule has 3 aromatic rings. The normalized spacial score (nSPS) is 17.8. The number of thiophene rings is 1. The third-order valence-corrected chi connectivity index (χ3v) is 8.92. The van der Waals surface area contributed by atoms with Crippen LogP contribution in [0.1, 0.15) is 65.3 Å². The number of carbonyl (C=O) groups is 2. The van der Waals surface area contributed by atoms with Gasteiger partial charge in [-0.3, -0.25) is 9.59 Å². The van der Waals surface area contributed by atoms with Gasteiger partial charge >= 0.3 is 0 Å². The fourth-order valence-electron chi connectivity index (χ4n) is 5.88. The van der Waals surface area contributed by atoms with E-state index in [0.29, 0.717) is 13.0 Å². The van der Waals surface area contributed by atoms with Crippen molar-refractivity contribution in [1.29, 1.82) is 0 Å². The first kappa shape index (κ1) is 25.5. The second-order valence-corrected chi connectivity index (χ2v) is 11.2. The first-order chi connectivity index (χ1) is 18.0. The van der Waals surface area contributed by atoms with Gasteiger partial charge in [0.15, 0.2) is 0 Å². The Labute approximate surface area is 224 Å². The van der Waals surface area contributed by atoms with Crippen LogP contribution < -0.4 is 4.74 Å². The molecule has 0 bridgehead atoms. The second kappa shape index (κ2) is 11.5.